The van der Waals surface area contributed by atoms with Crippen molar-refractivity contribution in [2.24, 2.45) is 0 Å². The maximum Gasteiger partial charge on any atom is 0.258 e. The molecule has 33 heavy (non-hydrogen) atoms. The molecule has 1 aliphatic carbocycles. The molecule has 1 aromatic heterocycles. The molecular formula is C22H21ClF2N4O4. The highest BCUT2D eigenvalue weighted by molar-refractivity contribution is 6.30. The molecule has 0 spiro atoms. The van der Waals surface area contributed by atoms with E-state index in [4.69, 9.17) is 21.1 Å². The number of carbonyl (C=O) groups excluding carboxylic acids is 2. The highest BCUT2D eigenvalue weighted by atomic mass is 35.5. The maximum absolute atomic E-state index is 14.0. The number of halogens is 3. The molecule has 1 fully saturated rings. The number of rotatable bonds is 9. The van der Waals surface area contributed by atoms with Crippen LogP contribution in [0, 0.1) is 11.6 Å². The van der Waals surface area contributed by atoms with Gasteiger partial charge in [0.2, 0.25) is 0 Å². The van der Waals surface area contributed by atoms with Crippen LogP contribution in [0.3, 0.4) is 0 Å². The molecule has 0 saturated heterocycles. The normalized spacial score (nSPS) is 14.4. The Hall–Kier alpha value is -3.40. The van der Waals surface area contributed by atoms with Gasteiger partial charge in [-0.05, 0) is 31.4 Å². The highest BCUT2D eigenvalue weighted by Gasteiger charge is 2.38. The van der Waals surface area contributed by atoms with Crippen molar-refractivity contribution in [2.45, 2.75) is 24.8 Å². The van der Waals surface area contributed by atoms with E-state index in [2.05, 4.69) is 20.8 Å². The SMILES string of the molecule is O=C(COc1ccc(Cl)c(F)c1)NCC1(NC(=O)COc2cc(F)c3cn[nH]c3c2)CCC1. The van der Waals surface area contributed by atoms with Crippen LogP contribution in [0.15, 0.2) is 36.5 Å². The average Bonchev–Trinajstić information content (AvgIpc) is 3.24. The van der Waals surface area contributed by atoms with E-state index in [9.17, 15) is 18.4 Å². The van der Waals surface area contributed by atoms with Crippen molar-refractivity contribution in [1.82, 2.24) is 20.8 Å². The first-order valence-corrected chi connectivity index (χ1v) is 10.6. The first-order chi connectivity index (χ1) is 15.8. The van der Waals surface area contributed by atoms with Crippen molar-refractivity contribution in [3.05, 3.63) is 53.2 Å². The quantitative estimate of drug-likeness (QED) is 0.438. The van der Waals surface area contributed by atoms with E-state index in [-0.39, 0.29) is 42.2 Å². The van der Waals surface area contributed by atoms with Gasteiger partial charge in [0, 0.05) is 24.7 Å². The van der Waals surface area contributed by atoms with Gasteiger partial charge in [0.05, 0.1) is 27.7 Å². The number of H-pyrrole nitrogens is 1. The Morgan fingerprint density at radius 3 is 2.52 bits per heavy atom. The highest BCUT2D eigenvalue weighted by Crippen LogP contribution is 2.31. The predicted octanol–water partition coefficient (Wildman–Crippen LogP) is 3.11. The Kier molecular flexibility index (Phi) is 6.64. The van der Waals surface area contributed by atoms with Crippen LogP contribution in [0.2, 0.25) is 5.02 Å². The van der Waals surface area contributed by atoms with Crippen LogP contribution >= 0.6 is 11.6 Å². The first kappa shape index (κ1) is 22.8. The number of hydrogen-bond donors (Lipinski definition) is 3. The monoisotopic (exact) mass is 478 g/mol. The molecule has 2 aromatic carbocycles. The lowest BCUT2D eigenvalue weighted by Gasteiger charge is -2.42. The molecule has 3 aromatic rings. The second kappa shape index (κ2) is 9.62. The molecule has 0 aliphatic heterocycles. The molecule has 1 heterocycles. The first-order valence-electron chi connectivity index (χ1n) is 10.2. The molecule has 0 unspecified atom stereocenters. The van der Waals surface area contributed by atoms with Gasteiger partial charge < -0.3 is 20.1 Å². The number of nitrogens with zero attached hydrogens (tertiary/aromatic N) is 1. The van der Waals surface area contributed by atoms with Crippen molar-refractivity contribution in [1.29, 1.82) is 0 Å². The summed E-state index contributed by atoms with van der Waals surface area (Å²) in [5.41, 5.74) is -0.117. The molecule has 8 nitrogen and oxygen atoms in total. The fourth-order valence-electron chi connectivity index (χ4n) is 3.53. The molecule has 11 heteroatoms. The van der Waals surface area contributed by atoms with Crippen LogP contribution < -0.4 is 20.1 Å². The van der Waals surface area contributed by atoms with E-state index in [1.54, 1.807) is 6.07 Å². The molecule has 2 amide bonds. The van der Waals surface area contributed by atoms with E-state index in [0.29, 0.717) is 23.7 Å². The topological polar surface area (TPSA) is 105 Å². The molecule has 1 aliphatic rings. The minimum atomic E-state index is -0.639. The molecule has 0 radical (unpaired) electrons. The summed E-state index contributed by atoms with van der Waals surface area (Å²) < 4.78 is 38.1. The Morgan fingerprint density at radius 2 is 1.79 bits per heavy atom. The van der Waals surface area contributed by atoms with E-state index in [1.165, 1.54) is 24.4 Å². The number of fused-ring (bicyclic) bond motifs is 1. The van der Waals surface area contributed by atoms with E-state index >= 15 is 0 Å². The van der Waals surface area contributed by atoms with Gasteiger partial charge in [0.15, 0.2) is 13.2 Å². The zero-order valence-electron chi connectivity index (χ0n) is 17.4. The Labute approximate surface area is 192 Å². The molecule has 0 atom stereocenters. The number of aromatic nitrogens is 2. The van der Waals surface area contributed by atoms with Gasteiger partial charge in [-0.3, -0.25) is 14.7 Å². The molecule has 1 saturated carbocycles. The lowest BCUT2D eigenvalue weighted by Crippen LogP contribution is -2.60. The van der Waals surface area contributed by atoms with Crippen molar-refractivity contribution in [3.8, 4) is 11.5 Å². The summed E-state index contributed by atoms with van der Waals surface area (Å²) in [5, 5.41) is 12.3. The summed E-state index contributed by atoms with van der Waals surface area (Å²) in [6.45, 7) is -0.402. The number of carbonyl (C=O) groups is 2. The van der Waals surface area contributed by atoms with Crippen LogP contribution in [0.1, 0.15) is 19.3 Å². The number of ether oxygens (including phenoxy) is 2. The number of aromatic amines is 1. The van der Waals surface area contributed by atoms with E-state index in [1.807, 2.05) is 0 Å². The van der Waals surface area contributed by atoms with Gasteiger partial charge in [0.1, 0.15) is 23.1 Å². The maximum atomic E-state index is 14.0. The lowest BCUT2D eigenvalue weighted by atomic mass is 9.76. The minimum Gasteiger partial charge on any atom is -0.484 e. The zero-order chi connectivity index (χ0) is 23.4. The van der Waals surface area contributed by atoms with Gasteiger partial charge in [-0.25, -0.2) is 8.78 Å². The summed E-state index contributed by atoms with van der Waals surface area (Å²) in [7, 11) is 0. The van der Waals surface area contributed by atoms with Crippen LogP contribution in [0.25, 0.3) is 10.9 Å². The summed E-state index contributed by atoms with van der Waals surface area (Å²) in [6, 6.07) is 6.65. The number of nitrogens with one attached hydrogen (secondary N) is 3. The van der Waals surface area contributed by atoms with Gasteiger partial charge in [0.25, 0.3) is 11.8 Å². The van der Waals surface area contributed by atoms with E-state index in [0.717, 1.165) is 12.5 Å². The Balaban J connectivity index is 1.24. The third kappa shape index (κ3) is 5.51. The van der Waals surface area contributed by atoms with Gasteiger partial charge >= 0.3 is 0 Å². The minimum absolute atomic E-state index is 0.0366. The third-order valence-electron chi connectivity index (χ3n) is 5.45. The number of hydrogen-bond acceptors (Lipinski definition) is 5. The molecular weight excluding hydrogens is 458 g/mol. The summed E-state index contributed by atoms with van der Waals surface area (Å²) in [5.74, 6) is -1.56. The molecule has 0 bridgehead atoms. The molecule has 3 N–H and O–H groups in total. The number of benzene rings is 2. The van der Waals surface area contributed by atoms with Crippen molar-refractivity contribution in [2.75, 3.05) is 19.8 Å². The second-order valence-electron chi connectivity index (χ2n) is 7.85. The van der Waals surface area contributed by atoms with Gasteiger partial charge in [-0.1, -0.05) is 11.6 Å². The van der Waals surface area contributed by atoms with Crippen molar-refractivity contribution >= 4 is 34.3 Å². The van der Waals surface area contributed by atoms with Gasteiger partial charge in [-0.15, -0.1) is 0 Å². The summed E-state index contributed by atoms with van der Waals surface area (Å²) in [6.07, 6.45) is 3.65. The lowest BCUT2D eigenvalue weighted by molar-refractivity contribution is -0.128. The standard InChI is InChI=1S/C22H21ClF2N4O4/c23-16-3-2-13(6-18(16)25)32-10-20(30)26-12-22(4-1-5-22)28-21(31)11-33-14-7-17(24)15-9-27-29-19(15)8-14/h2-3,6-9H,1,4-5,10-12H2,(H,26,30)(H,27,29)(H,28,31). The summed E-state index contributed by atoms with van der Waals surface area (Å²) >= 11 is 5.62. The Bertz CT molecular complexity index is 1180. The second-order valence-corrected chi connectivity index (χ2v) is 8.26. The van der Waals surface area contributed by atoms with Crippen LogP contribution in [0.5, 0.6) is 11.5 Å². The molecule has 174 valence electrons. The third-order valence-corrected chi connectivity index (χ3v) is 5.76. The summed E-state index contributed by atoms with van der Waals surface area (Å²) in [4.78, 5) is 24.5. The van der Waals surface area contributed by atoms with Gasteiger partial charge in [-0.2, -0.15) is 5.10 Å². The predicted molar refractivity (Wildman–Crippen MR) is 116 cm³/mol. The largest absolute Gasteiger partial charge is 0.484 e. The van der Waals surface area contributed by atoms with Crippen LogP contribution in [-0.4, -0.2) is 47.3 Å². The average molecular weight is 479 g/mol. The fraction of sp³-hybridized carbons (Fsp3) is 0.318. The fourth-order valence-corrected chi connectivity index (χ4v) is 3.65. The zero-order valence-corrected chi connectivity index (χ0v) is 18.2. The van der Waals surface area contributed by atoms with Crippen molar-refractivity contribution in [3.63, 3.8) is 0 Å². The smallest absolute Gasteiger partial charge is 0.258 e. The van der Waals surface area contributed by atoms with Crippen LogP contribution in [0.4, 0.5) is 8.78 Å². The van der Waals surface area contributed by atoms with Crippen molar-refractivity contribution < 1.29 is 27.8 Å². The number of amides is 2. The van der Waals surface area contributed by atoms with Crippen LogP contribution in [-0.2, 0) is 9.59 Å². The Morgan fingerprint density at radius 1 is 1.06 bits per heavy atom. The van der Waals surface area contributed by atoms with E-state index < -0.39 is 23.1 Å². The molecule has 4 rings (SSSR count).